The predicted octanol–water partition coefficient (Wildman–Crippen LogP) is 1.01. The van der Waals surface area contributed by atoms with Crippen LogP contribution in [-0.2, 0) is 20.7 Å². The van der Waals surface area contributed by atoms with Crippen molar-refractivity contribution in [3.05, 3.63) is 22.5 Å². The standard InChI is InChI=1S/C22H32N4O5/c1-15-20(22(30)31-3)17(23-21(15)16(2)27)13-18(28)26-11-9-24(10-12-26)14-19(29)25-7-5-4-6-8-25/h23H,4-14H2,1-3H3. The van der Waals surface area contributed by atoms with Gasteiger partial charge in [0.1, 0.15) is 0 Å². The summed E-state index contributed by atoms with van der Waals surface area (Å²) < 4.78 is 4.84. The second-order valence-electron chi connectivity index (χ2n) is 8.30. The highest BCUT2D eigenvalue weighted by Gasteiger charge is 2.28. The number of carbonyl (C=O) groups excluding carboxylic acids is 4. The molecule has 9 nitrogen and oxygen atoms in total. The molecule has 31 heavy (non-hydrogen) atoms. The van der Waals surface area contributed by atoms with Crippen molar-refractivity contribution in [1.29, 1.82) is 0 Å². The topological polar surface area (TPSA) is 103 Å². The molecule has 0 unspecified atom stereocenters. The molecule has 0 radical (unpaired) electrons. The van der Waals surface area contributed by atoms with Crippen LogP contribution in [0.2, 0.25) is 0 Å². The number of carbonyl (C=O) groups is 4. The highest BCUT2D eigenvalue weighted by molar-refractivity contribution is 6.01. The van der Waals surface area contributed by atoms with Crippen LogP contribution in [0.1, 0.15) is 58.3 Å². The summed E-state index contributed by atoms with van der Waals surface area (Å²) in [6.07, 6.45) is 3.33. The number of piperazine rings is 1. The quantitative estimate of drug-likeness (QED) is 0.532. The van der Waals surface area contributed by atoms with Gasteiger partial charge in [0.05, 0.1) is 31.3 Å². The number of hydrogen-bond donors (Lipinski definition) is 1. The van der Waals surface area contributed by atoms with Crippen molar-refractivity contribution in [3.63, 3.8) is 0 Å². The lowest BCUT2D eigenvalue weighted by Crippen LogP contribution is -2.52. The fourth-order valence-corrected chi connectivity index (χ4v) is 4.37. The van der Waals surface area contributed by atoms with Crippen molar-refractivity contribution in [1.82, 2.24) is 19.7 Å². The average molecular weight is 433 g/mol. The van der Waals surface area contributed by atoms with Gasteiger partial charge in [-0.2, -0.15) is 0 Å². The zero-order valence-corrected chi connectivity index (χ0v) is 18.7. The number of esters is 1. The van der Waals surface area contributed by atoms with Crippen molar-refractivity contribution in [2.75, 3.05) is 52.9 Å². The Hall–Kier alpha value is -2.68. The fraction of sp³-hybridized carbons (Fsp3) is 0.636. The van der Waals surface area contributed by atoms with Gasteiger partial charge in [-0.3, -0.25) is 19.3 Å². The van der Waals surface area contributed by atoms with Gasteiger partial charge in [0.2, 0.25) is 11.8 Å². The van der Waals surface area contributed by atoms with Gasteiger partial charge in [0.25, 0.3) is 0 Å². The van der Waals surface area contributed by atoms with Gasteiger partial charge >= 0.3 is 5.97 Å². The SMILES string of the molecule is COC(=O)c1c(CC(=O)N2CCN(CC(=O)N3CCCCC3)CC2)[nH]c(C(C)=O)c1C. The first-order valence-corrected chi connectivity index (χ1v) is 10.9. The molecule has 1 N–H and O–H groups in total. The Morgan fingerprint density at radius 1 is 0.903 bits per heavy atom. The van der Waals surface area contributed by atoms with Crippen molar-refractivity contribution < 1.29 is 23.9 Å². The van der Waals surface area contributed by atoms with Crippen molar-refractivity contribution in [2.45, 2.75) is 39.5 Å². The lowest BCUT2D eigenvalue weighted by molar-refractivity contribution is -0.135. The van der Waals surface area contributed by atoms with Crippen LogP contribution in [0.3, 0.4) is 0 Å². The van der Waals surface area contributed by atoms with E-state index in [2.05, 4.69) is 9.88 Å². The minimum absolute atomic E-state index is 0.00867. The summed E-state index contributed by atoms with van der Waals surface area (Å²) in [5, 5.41) is 0. The number of hydrogen-bond acceptors (Lipinski definition) is 6. The van der Waals surface area contributed by atoms with E-state index in [1.165, 1.54) is 20.5 Å². The zero-order chi connectivity index (χ0) is 22.5. The first-order chi connectivity index (χ1) is 14.8. The van der Waals surface area contributed by atoms with Crippen LogP contribution in [0.4, 0.5) is 0 Å². The highest BCUT2D eigenvalue weighted by atomic mass is 16.5. The molecule has 3 rings (SSSR count). The molecule has 3 heterocycles. The van der Waals surface area contributed by atoms with E-state index in [0.717, 1.165) is 25.9 Å². The number of likely N-dealkylation sites (tertiary alicyclic amines) is 1. The van der Waals surface area contributed by atoms with Gasteiger partial charge in [-0.25, -0.2) is 4.79 Å². The van der Waals surface area contributed by atoms with E-state index < -0.39 is 5.97 Å². The Labute approximate surface area is 182 Å². The number of aromatic nitrogens is 1. The number of methoxy groups -OCH3 is 1. The third kappa shape index (κ3) is 5.33. The summed E-state index contributed by atoms with van der Waals surface area (Å²) in [5.74, 6) is -0.720. The van der Waals surface area contributed by atoms with Crippen molar-refractivity contribution in [2.24, 2.45) is 0 Å². The number of ether oxygens (including phenoxy) is 1. The number of nitrogens with zero attached hydrogens (tertiary/aromatic N) is 3. The first kappa shape index (κ1) is 23.0. The number of ketones is 1. The lowest BCUT2D eigenvalue weighted by Gasteiger charge is -2.36. The number of amides is 2. The van der Waals surface area contributed by atoms with Gasteiger partial charge in [-0.05, 0) is 31.7 Å². The van der Waals surface area contributed by atoms with E-state index in [0.29, 0.717) is 49.7 Å². The third-order valence-electron chi connectivity index (χ3n) is 6.19. The maximum atomic E-state index is 12.9. The van der Waals surface area contributed by atoms with Gasteiger partial charge in [0, 0.05) is 51.9 Å². The van der Waals surface area contributed by atoms with Crippen molar-refractivity contribution >= 4 is 23.6 Å². The van der Waals surface area contributed by atoms with Crippen LogP contribution >= 0.6 is 0 Å². The Morgan fingerprint density at radius 2 is 1.52 bits per heavy atom. The van der Waals surface area contributed by atoms with Gasteiger partial charge in [0.15, 0.2) is 5.78 Å². The minimum atomic E-state index is -0.565. The Bertz CT molecular complexity index is 848. The number of nitrogens with one attached hydrogen (secondary N) is 1. The summed E-state index contributed by atoms with van der Waals surface area (Å²) in [6.45, 7) is 7.50. The Balaban J connectivity index is 1.58. The number of aromatic amines is 1. The largest absolute Gasteiger partial charge is 0.465 e. The minimum Gasteiger partial charge on any atom is -0.465 e. The molecule has 2 saturated heterocycles. The molecule has 0 saturated carbocycles. The molecule has 0 spiro atoms. The molecular formula is C22H32N4O5. The molecule has 1 aromatic rings. The van der Waals surface area contributed by atoms with E-state index >= 15 is 0 Å². The number of Topliss-reactive ketones (excluding diaryl/α,β-unsaturated/α-hetero) is 1. The molecule has 2 amide bonds. The molecule has 0 atom stereocenters. The van der Waals surface area contributed by atoms with Crippen LogP contribution in [-0.4, -0.2) is 96.2 Å². The van der Waals surface area contributed by atoms with E-state index in [-0.39, 0.29) is 29.6 Å². The second kappa shape index (κ2) is 10.1. The molecule has 2 aliphatic heterocycles. The van der Waals surface area contributed by atoms with E-state index in [9.17, 15) is 19.2 Å². The van der Waals surface area contributed by atoms with Gasteiger partial charge in [-0.15, -0.1) is 0 Å². The average Bonchev–Trinajstić information content (AvgIpc) is 3.10. The Morgan fingerprint density at radius 3 is 2.10 bits per heavy atom. The van der Waals surface area contributed by atoms with Crippen LogP contribution in [0, 0.1) is 6.92 Å². The number of rotatable bonds is 6. The molecule has 0 aliphatic carbocycles. The molecule has 9 heteroatoms. The second-order valence-corrected chi connectivity index (χ2v) is 8.30. The maximum Gasteiger partial charge on any atom is 0.339 e. The lowest BCUT2D eigenvalue weighted by atomic mass is 10.1. The third-order valence-corrected chi connectivity index (χ3v) is 6.19. The Kier molecular flexibility index (Phi) is 7.48. The van der Waals surface area contributed by atoms with E-state index in [1.807, 2.05) is 4.90 Å². The summed E-state index contributed by atoms with van der Waals surface area (Å²) in [5.41, 5.74) is 1.49. The van der Waals surface area contributed by atoms with Gasteiger partial charge < -0.3 is 19.5 Å². The maximum absolute atomic E-state index is 12.9. The molecule has 170 valence electrons. The van der Waals surface area contributed by atoms with Crippen LogP contribution in [0.15, 0.2) is 0 Å². The smallest absolute Gasteiger partial charge is 0.339 e. The van der Waals surface area contributed by atoms with Crippen molar-refractivity contribution in [3.8, 4) is 0 Å². The summed E-state index contributed by atoms with van der Waals surface area (Å²) in [6, 6.07) is 0. The molecule has 1 aromatic heterocycles. The summed E-state index contributed by atoms with van der Waals surface area (Å²) >= 11 is 0. The van der Waals surface area contributed by atoms with Crippen LogP contribution in [0.5, 0.6) is 0 Å². The van der Waals surface area contributed by atoms with E-state index in [4.69, 9.17) is 4.74 Å². The molecule has 0 aromatic carbocycles. The molecule has 2 aliphatic rings. The van der Waals surface area contributed by atoms with Gasteiger partial charge in [-0.1, -0.05) is 0 Å². The fourth-order valence-electron chi connectivity index (χ4n) is 4.37. The van der Waals surface area contributed by atoms with Crippen LogP contribution < -0.4 is 0 Å². The van der Waals surface area contributed by atoms with E-state index in [1.54, 1.807) is 11.8 Å². The number of H-pyrrole nitrogens is 1. The normalized spacial score (nSPS) is 17.5. The summed E-state index contributed by atoms with van der Waals surface area (Å²) in [7, 11) is 1.28. The monoisotopic (exact) mass is 432 g/mol. The predicted molar refractivity (Wildman–Crippen MR) is 114 cm³/mol. The zero-order valence-electron chi connectivity index (χ0n) is 18.7. The van der Waals surface area contributed by atoms with Crippen LogP contribution in [0.25, 0.3) is 0 Å². The molecule has 2 fully saturated rings. The highest BCUT2D eigenvalue weighted by Crippen LogP contribution is 2.21. The summed E-state index contributed by atoms with van der Waals surface area (Å²) in [4.78, 5) is 58.1. The number of piperidine rings is 1. The molecular weight excluding hydrogens is 400 g/mol. The molecule has 0 bridgehead atoms. The first-order valence-electron chi connectivity index (χ1n) is 10.9.